The molecule has 13 heteroatoms. The average Bonchev–Trinajstić information content (AvgIpc) is 3.75. The first-order valence-corrected chi connectivity index (χ1v) is 13.8. The molecule has 218 valence electrons. The molecule has 4 aromatic heterocycles. The highest BCUT2D eigenvalue weighted by Crippen LogP contribution is 2.30. The number of hydrogen-bond acceptors (Lipinski definition) is 9. The summed E-state index contributed by atoms with van der Waals surface area (Å²) in [6.07, 6.45) is 5.38. The van der Waals surface area contributed by atoms with Crippen LogP contribution in [0.2, 0.25) is 0 Å². The molecule has 0 aliphatic carbocycles. The molecule has 5 heterocycles. The van der Waals surface area contributed by atoms with Gasteiger partial charge in [-0.25, -0.2) is 14.4 Å². The monoisotopic (exact) mass is 573 g/mol. The largest absolute Gasteiger partial charge is 0.416 e. The van der Waals surface area contributed by atoms with Gasteiger partial charge in [0.2, 0.25) is 5.89 Å². The van der Waals surface area contributed by atoms with E-state index in [9.17, 15) is 4.79 Å². The van der Waals surface area contributed by atoms with E-state index in [0.29, 0.717) is 34.0 Å². The van der Waals surface area contributed by atoms with Gasteiger partial charge in [-0.2, -0.15) is 5.10 Å². The standard InChI is InChI=1S/C29H32FN9O3/c1-29(2,3)28-37-36-27(42-28)26(40)32-15-19-5-4-18(14-22(19)30)21-6-7-31-25-23(21)34-24(35-25)20-16-33-39(17-20)9-8-38-10-12-41-13-11-38/h4-7,14,16-17H,8-13,15H2,1-3H3,(H,32,40)(H,31,34,35). The van der Waals surface area contributed by atoms with E-state index in [1.807, 2.05) is 37.7 Å². The normalized spacial score (nSPS) is 14.5. The number of morpholine rings is 1. The summed E-state index contributed by atoms with van der Waals surface area (Å²) in [5, 5.41) is 14.9. The zero-order chi connectivity index (χ0) is 29.3. The summed E-state index contributed by atoms with van der Waals surface area (Å²) >= 11 is 0. The van der Waals surface area contributed by atoms with Gasteiger partial charge in [0.15, 0.2) is 5.65 Å². The van der Waals surface area contributed by atoms with Crippen LogP contribution in [0.1, 0.15) is 42.9 Å². The van der Waals surface area contributed by atoms with Gasteiger partial charge < -0.3 is 19.5 Å². The number of halogens is 1. The number of ether oxygens (including phenoxy) is 1. The molecule has 1 aliphatic heterocycles. The molecular weight excluding hydrogens is 541 g/mol. The average molecular weight is 574 g/mol. The minimum atomic E-state index is -0.563. The quantitative estimate of drug-likeness (QED) is 0.285. The van der Waals surface area contributed by atoms with Gasteiger partial charge in [-0.3, -0.25) is 14.4 Å². The summed E-state index contributed by atoms with van der Waals surface area (Å²) < 4.78 is 27.9. The molecule has 0 spiro atoms. The number of aromatic amines is 1. The van der Waals surface area contributed by atoms with Gasteiger partial charge in [-0.15, -0.1) is 10.2 Å². The Morgan fingerprint density at radius 3 is 2.71 bits per heavy atom. The molecule has 0 atom stereocenters. The van der Waals surface area contributed by atoms with Crippen molar-refractivity contribution >= 4 is 17.1 Å². The van der Waals surface area contributed by atoms with Crippen molar-refractivity contribution < 1.29 is 18.3 Å². The number of rotatable bonds is 8. The molecule has 5 aromatic rings. The number of imidazole rings is 1. The van der Waals surface area contributed by atoms with E-state index >= 15 is 4.39 Å². The highest BCUT2D eigenvalue weighted by Gasteiger charge is 2.24. The lowest BCUT2D eigenvalue weighted by atomic mass is 9.97. The Kier molecular flexibility index (Phi) is 7.52. The Bertz CT molecular complexity index is 1710. The summed E-state index contributed by atoms with van der Waals surface area (Å²) in [5.74, 6) is -0.190. The molecule has 1 aliphatic rings. The first-order chi connectivity index (χ1) is 20.2. The fourth-order valence-electron chi connectivity index (χ4n) is 4.69. The Balaban J connectivity index is 1.15. The van der Waals surface area contributed by atoms with E-state index in [1.54, 1.807) is 24.5 Å². The van der Waals surface area contributed by atoms with Crippen LogP contribution in [0.5, 0.6) is 0 Å². The molecular formula is C29H32FN9O3. The van der Waals surface area contributed by atoms with Crippen LogP contribution in [0.15, 0.2) is 47.3 Å². The predicted molar refractivity (Wildman–Crippen MR) is 152 cm³/mol. The second-order valence-electron chi connectivity index (χ2n) is 11.2. The Hall–Kier alpha value is -4.49. The number of carbonyl (C=O) groups is 1. The molecule has 0 bridgehead atoms. The van der Waals surface area contributed by atoms with Gasteiger partial charge in [-0.1, -0.05) is 32.9 Å². The smallest absolute Gasteiger partial charge is 0.309 e. The van der Waals surface area contributed by atoms with E-state index in [0.717, 1.165) is 50.5 Å². The fraction of sp³-hybridized carbons (Fsp3) is 0.379. The van der Waals surface area contributed by atoms with Crippen LogP contribution in [0.25, 0.3) is 33.7 Å². The number of carbonyl (C=O) groups excluding carboxylic acids is 1. The third kappa shape index (κ3) is 5.92. The second-order valence-corrected chi connectivity index (χ2v) is 11.2. The number of fused-ring (bicyclic) bond motifs is 1. The zero-order valence-electron chi connectivity index (χ0n) is 23.7. The molecule has 1 saturated heterocycles. The Morgan fingerprint density at radius 1 is 1.12 bits per heavy atom. The van der Waals surface area contributed by atoms with Gasteiger partial charge in [0.1, 0.15) is 11.6 Å². The molecule has 1 fully saturated rings. The predicted octanol–water partition coefficient (Wildman–Crippen LogP) is 3.57. The summed E-state index contributed by atoms with van der Waals surface area (Å²) in [7, 11) is 0. The van der Waals surface area contributed by atoms with Crippen LogP contribution in [-0.2, 0) is 23.2 Å². The van der Waals surface area contributed by atoms with Crippen molar-refractivity contribution in [1.82, 2.24) is 45.1 Å². The molecule has 42 heavy (non-hydrogen) atoms. The van der Waals surface area contributed by atoms with E-state index in [4.69, 9.17) is 9.15 Å². The van der Waals surface area contributed by atoms with Gasteiger partial charge in [0.25, 0.3) is 0 Å². The first-order valence-electron chi connectivity index (χ1n) is 13.8. The van der Waals surface area contributed by atoms with Crippen molar-refractivity contribution in [2.75, 3.05) is 32.8 Å². The topological polar surface area (TPSA) is 140 Å². The van der Waals surface area contributed by atoms with Crippen LogP contribution < -0.4 is 5.32 Å². The van der Waals surface area contributed by atoms with Crippen LogP contribution in [0.4, 0.5) is 4.39 Å². The van der Waals surface area contributed by atoms with Crippen molar-refractivity contribution in [3.05, 3.63) is 66.0 Å². The van der Waals surface area contributed by atoms with Crippen molar-refractivity contribution in [2.24, 2.45) is 0 Å². The number of pyridine rings is 1. The minimum Gasteiger partial charge on any atom is -0.416 e. The molecule has 2 N–H and O–H groups in total. The van der Waals surface area contributed by atoms with E-state index in [-0.39, 0.29) is 17.9 Å². The van der Waals surface area contributed by atoms with Crippen LogP contribution >= 0.6 is 0 Å². The molecule has 1 aromatic carbocycles. The maximum absolute atomic E-state index is 15.2. The van der Waals surface area contributed by atoms with E-state index in [1.165, 1.54) is 6.07 Å². The van der Waals surface area contributed by atoms with Crippen molar-refractivity contribution in [2.45, 2.75) is 39.3 Å². The van der Waals surface area contributed by atoms with Crippen molar-refractivity contribution in [3.63, 3.8) is 0 Å². The molecule has 0 unspecified atom stereocenters. The van der Waals surface area contributed by atoms with Crippen LogP contribution in [0.3, 0.4) is 0 Å². The van der Waals surface area contributed by atoms with Gasteiger partial charge in [-0.05, 0) is 17.7 Å². The number of nitrogens with one attached hydrogen (secondary N) is 2. The highest BCUT2D eigenvalue weighted by atomic mass is 19.1. The van der Waals surface area contributed by atoms with Crippen molar-refractivity contribution in [1.29, 1.82) is 0 Å². The fourth-order valence-corrected chi connectivity index (χ4v) is 4.69. The molecule has 0 saturated carbocycles. The Morgan fingerprint density at radius 2 is 1.95 bits per heavy atom. The van der Waals surface area contributed by atoms with E-state index in [2.05, 4.69) is 40.5 Å². The number of hydrogen-bond donors (Lipinski definition) is 2. The Labute approximate surface area is 241 Å². The number of nitrogens with zero attached hydrogens (tertiary/aromatic N) is 7. The number of benzene rings is 1. The lowest BCUT2D eigenvalue weighted by Gasteiger charge is -2.26. The maximum Gasteiger partial charge on any atom is 0.309 e. The number of aromatic nitrogens is 7. The zero-order valence-corrected chi connectivity index (χ0v) is 23.7. The lowest BCUT2D eigenvalue weighted by molar-refractivity contribution is 0.0360. The highest BCUT2D eigenvalue weighted by molar-refractivity contribution is 5.91. The maximum atomic E-state index is 15.2. The van der Waals surface area contributed by atoms with Crippen LogP contribution in [-0.4, -0.2) is 78.6 Å². The molecule has 6 rings (SSSR count). The minimum absolute atomic E-state index is 0.0341. The van der Waals surface area contributed by atoms with Gasteiger partial charge >= 0.3 is 11.8 Å². The lowest BCUT2D eigenvalue weighted by Crippen LogP contribution is -2.38. The number of H-pyrrole nitrogens is 1. The molecule has 0 radical (unpaired) electrons. The third-order valence-electron chi connectivity index (χ3n) is 7.11. The number of amides is 1. The summed E-state index contributed by atoms with van der Waals surface area (Å²) in [4.78, 5) is 27.2. The van der Waals surface area contributed by atoms with Crippen LogP contribution in [0, 0.1) is 5.82 Å². The summed E-state index contributed by atoms with van der Waals surface area (Å²) in [6.45, 7) is 10.7. The van der Waals surface area contributed by atoms with Gasteiger partial charge in [0.05, 0.1) is 37.0 Å². The van der Waals surface area contributed by atoms with E-state index < -0.39 is 11.7 Å². The summed E-state index contributed by atoms with van der Waals surface area (Å²) in [5.41, 5.74) is 3.41. The summed E-state index contributed by atoms with van der Waals surface area (Å²) in [6, 6.07) is 6.69. The third-order valence-corrected chi connectivity index (χ3v) is 7.11. The molecule has 12 nitrogen and oxygen atoms in total. The molecule has 1 amide bonds. The first kappa shape index (κ1) is 27.7. The van der Waals surface area contributed by atoms with Crippen molar-refractivity contribution in [3.8, 4) is 22.5 Å². The second kappa shape index (κ2) is 11.4. The SMILES string of the molecule is CC(C)(C)c1nnc(C(=O)NCc2ccc(-c3ccnc4nc(-c5cnn(CCN6CCOCC6)c5)[nH]c34)cc2F)o1. The van der Waals surface area contributed by atoms with Gasteiger partial charge in [0, 0.05) is 55.1 Å².